The summed E-state index contributed by atoms with van der Waals surface area (Å²) in [6, 6.07) is 16.8. The van der Waals surface area contributed by atoms with Crippen LogP contribution in [0, 0.1) is 6.92 Å². The zero-order chi connectivity index (χ0) is 19.0. The molecule has 2 heterocycles. The minimum atomic E-state index is -0.433. The second-order valence-electron chi connectivity index (χ2n) is 6.20. The summed E-state index contributed by atoms with van der Waals surface area (Å²) in [6.45, 7) is 2.03. The molecule has 0 saturated carbocycles. The molecule has 3 aromatic rings. The fourth-order valence-corrected chi connectivity index (χ4v) is 3.11. The highest BCUT2D eigenvalue weighted by molar-refractivity contribution is 6.35. The van der Waals surface area contributed by atoms with Gasteiger partial charge in [0.2, 0.25) is 0 Å². The van der Waals surface area contributed by atoms with Crippen LogP contribution in [0.1, 0.15) is 42.6 Å². The number of hydrogen-bond donors (Lipinski definition) is 1. The number of carbonyl (C=O) groups excluding carboxylic acids is 3. The topological polar surface area (TPSA) is 79.6 Å². The first-order valence-corrected chi connectivity index (χ1v) is 8.46. The number of rotatable bonds is 4. The van der Waals surface area contributed by atoms with Crippen molar-refractivity contribution in [3.05, 3.63) is 88.9 Å². The highest BCUT2D eigenvalue weighted by Gasteiger charge is 2.37. The lowest BCUT2D eigenvalue weighted by atomic mass is 10.1. The summed E-state index contributed by atoms with van der Waals surface area (Å²) in [7, 11) is 0. The molecule has 1 aliphatic rings. The molecule has 27 heavy (non-hydrogen) atoms. The van der Waals surface area contributed by atoms with Crippen molar-refractivity contribution in [1.29, 1.82) is 0 Å². The number of aryl methyl sites for hydroxylation is 1. The van der Waals surface area contributed by atoms with Gasteiger partial charge in [-0.15, -0.1) is 0 Å². The highest BCUT2D eigenvalue weighted by atomic mass is 16.3. The number of benzene rings is 2. The molecule has 2 aromatic carbocycles. The lowest BCUT2D eigenvalue weighted by Gasteiger charge is -2.17. The van der Waals surface area contributed by atoms with E-state index < -0.39 is 17.7 Å². The Kier molecular flexibility index (Phi) is 4.08. The maximum Gasteiger partial charge on any atom is 0.266 e. The second-order valence-corrected chi connectivity index (χ2v) is 6.20. The summed E-state index contributed by atoms with van der Waals surface area (Å²) in [4.78, 5) is 39.2. The molecular formula is C21H16N2O4. The van der Waals surface area contributed by atoms with E-state index in [0.717, 1.165) is 10.7 Å². The van der Waals surface area contributed by atoms with E-state index in [-0.39, 0.29) is 17.8 Å². The van der Waals surface area contributed by atoms with E-state index in [2.05, 4.69) is 5.32 Å². The van der Waals surface area contributed by atoms with Crippen LogP contribution in [0.5, 0.6) is 0 Å². The molecule has 0 spiro atoms. The molecular weight excluding hydrogens is 344 g/mol. The van der Waals surface area contributed by atoms with Gasteiger partial charge in [0.15, 0.2) is 0 Å². The highest BCUT2D eigenvalue weighted by Crippen LogP contribution is 2.30. The van der Waals surface area contributed by atoms with Crippen molar-refractivity contribution in [3.63, 3.8) is 0 Å². The fourth-order valence-electron chi connectivity index (χ4n) is 3.11. The molecule has 1 aromatic heterocycles. The van der Waals surface area contributed by atoms with Gasteiger partial charge < -0.3 is 9.73 Å². The number of amides is 3. The van der Waals surface area contributed by atoms with E-state index in [9.17, 15) is 14.4 Å². The number of para-hydroxylation sites is 1. The van der Waals surface area contributed by atoms with Gasteiger partial charge in [0, 0.05) is 0 Å². The molecule has 6 nitrogen and oxygen atoms in total. The van der Waals surface area contributed by atoms with Gasteiger partial charge in [-0.25, -0.2) is 4.90 Å². The molecule has 0 radical (unpaired) electrons. The molecule has 134 valence electrons. The maximum absolute atomic E-state index is 12.7. The number of carbonyl (C=O) groups is 3. The number of furan rings is 1. The number of hydrogen-bond acceptors (Lipinski definition) is 4. The minimum Gasteiger partial charge on any atom is -0.465 e. The largest absolute Gasteiger partial charge is 0.465 e. The van der Waals surface area contributed by atoms with Crippen molar-refractivity contribution in [3.8, 4) is 0 Å². The molecule has 0 saturated heterocycles. The van der Waals surface area contributed by atoms with E-state index in [1.807, 2.05) is 13.0 Å². The molecule has 1 aliphatic heterocycles. The van der Waals surface area contributed by atoms with Gasteiger partial charge >= 0.3 is 0 Å². The summed E-state index contributed by atoms with van der Waals surface area (Å²) in [5, 5.41) is 2.76. The lowest BCUT2D eigenvalue weighted by molar-refractivity contribution is 0.0926. The SMILES string of the molecule is Cc1ccc(CNC(=O)c2ccccc2N2C(=O)c3ccccc3C2=O)o1. The van der Waals surface area contributed by atoms with Gasteiger partial charge in [0.05, 0.1) is 28.9 Å². The molecule has 4 rings (SSSR count). The molecule has 0 atom stereocenters. The van der Waals surface area contributed by atoms with Gasteiger partial charge in [-0.05, 0) is 43.3 Å². The van der Waals surface area contributed by atoms with Crippen LogP contribution in [-0.2, 0) is 6.54 Å². The average Bonchev–Trinajstić information content (AvgIpc) is 3.21. The predicted molar refractivity (Wildman–Crippen MR) is 98.6 cm³/mol. The summed E-state index contributed by atoms with van der Waals surface area (Å²) in [5.74, 6) is 0.121. The standard InChI is InChI=1S/C21H16N2O4/c1-13-10-11-14(27-13)12-22-19(24)17-8-4-5-9-18(17)23-20(25)15-6-2-3-7-16(15)21(23)26/h2-11H,12H2,1H3,(H,22,24). The first-order valence-electron chi connectivity index (χ1n) is 8.46. The Labute approximate surface area is 155 Å². The van der Waals surface area contributed by atoms with E-state index in [1.54, 1.807) is 54.6 Å². The minimum absolute atomic E-state index is 0.211. The number of anilines is 1. The van der Waals surface area contributed by atoms with Crippen molar-refractivity contribution in [2.24, 2.45) is 0 Å². The van der Waals surface area contributed by atoms with Crippen LogP contribution in [0.4, 0.5) is 5.69 Å². The number of nitrogens with zero attached hydrogens (tertiary/aromatic N) is 1. The summed E-state index contributed by atoms with van der Waals surface area (Å²) in [5.41, 5.74) is 1.18. The summed E-state index contributed by atoms with van der Waals surface area (Å²) >= 11 is 0. The van der Waals surface area contributed by atoms with E-state index in [4.69, 9.17) is 4.42 Å². The average molecular weight is 360 g/mol. The third-order valence-electron chi connectivity index (χ3n) is 4.40. The zero-order valence-electron chi connectivity index (χ0n) is 14.6. The van der Waals surface area contributed by atoms with Crippen LogP contribution in [0.3, 0.4) is 0 Å². The summed E-state index contributed by atoms with van der Waals surface area (Å²) < 4.78 is 5.44. The van der Waals surface area contributed by atoms with E-state index in [1.165, 1.54) is 0 Å². The first-order chi connectivity index (χ1) is 13.1. The predicted octanol–water partition coefficient (Wildman–Crippen LogP) is 3.32. The lowest BCUT2D eigenvalue weighted by Crippen LogP contribution is -2.32. The first kappa shape index (κ1) is 16.8. The van der Waals surface area contributed by atoms with Crippen LogP contribution < -0.4 is 10.2 Å². The van der Waals surface area contributed by atoms with Gasteiger partial charge in [-0.1, -0.05) is 24.3 Å². The van der Waals surface area contributed by atoms with Crippen molar-refractivity contribution in [2.75, 3.05) is 4.90 Å². The molecule has 1 N–H and O–H groups in total. The zero-order valence-corrected chi connectivity index (χ0v) is 14.6. The Morgan fingerprint density at radius 1 is 0.926 bits per heavy atom. The van der Waals surface area contributed by atoms with Crippen molar-refractivity contribution >= 4 is 23.4 Å². The second kappa shape index (κ2) is 6.57. The number of imide groups is 1. The van der Waals surface area contributed by atoms with E-state index in [0.29, 0.717) is 16.9 Å². The molecule has 3 amide bonds. The summed E-state index contributed by atoms with van der Waals surface area (Å²) in [6.07, 6.45) is 0. The van der Waals surface area contributed by atoms with E-state index >= 15 is 0 Å². The quantitative estimate of drug-likeness (QED) is 0.724. The van der Waals surface area contributed by atoms with Gasteiger partial charge in [-0.2, -0.15) is 0 Å². The number of nitrogens with one attached hydrogen (secondary N) is 1. The molecule has 0 fully saturated rings. The van der Waals surface area contributed by atoms with Gasteiger partial charge in [-0.3, -0.25) is 14.4 Å². The molecule has 0 aliphatic carbocycles. The Morgan fingerprint density at radius 2 is 1.56 bits per heavy atom. The third-order valence-corrected chi connectivity index (χ3v) is 4.40. The van der Waals surface area contributed by atoms with Crippen LogP contribution in [0.25, 0.3) is 0 Å². The monoisotopic (exact) mass is 360 g/mol. The van der Waals surface area contributed by atoms with Crippen molar-refractivity contribution < 1.29 is 18.8 Å². The van der Waals surface area contributed by atoms with Crippen LogP contribution in [0.15, 0.2) is 65.1 Å². The fraction of sp³-hybridized carbons (Fsp3) is 0.0952. The van der Waals surface area contributed by atoms with Gasteiger partial charge in [0.25, 0.3) is 17.7 Å². The van der Waals surface area contributed by atoms with Crippen molar-refractivity contribution in [1.82, 2.24) is 5.32 Å². The number of fused-ring (bicyclic) bond motifs is 1. The van der Waals surface area contributed by atoms with Crippen molar-refractivity contribution in [2.45, 2.75) is 13.5 Å². The Hall–Kier alpha value is -3.67. The Balaban J connectivity index is 1.63. The Morgan fingerprint density at radius 3 is 2.19 bits per heavy atom. The van der Waals surface area contributed by atoms with Crippen LogP contribution in [0.2, 0.25) is 0 Å². The Bertz CT molecular complexity index is 1030. The smallest absolute Gasteiger partial charge is 0.266 e. The van der Waals surface area contributed by atoms with Gasteiger partial charge in [0.1, 0.15) is 11.5 Å². The third kappa shape index (κ3) is 2.91. The maximum atomic E-state index is 12.7. The normalized spacial score (nSPS) is 13.0. The molecule has 6 heteroatoms. The van der Waals surface area contributed by atoms with Crippen LogP contribution in [-0.4, -0.2) is 17.7 Å². The molecule has 0 bridgehead atoms. The van der Waals surface area contributed by atoms with Crippen LogP contribution >= 0.6 is 0 Å². The molecule has 0 unspecified atom stereocenters.